The van der Waals surface area contributed by atoms with E-state index in [-0.39, 0.29) is 0 Å². The molecule has 1 rings (SSSR count). The smallest absolute Gasteiger partial charge is 0.0658 e. The minimum atomic E-state index is 1.01. The van der Waals surface area contributed by atoms with Crippen LogP contribution in [-0.2, 0) is 0 Å². The van der Waals surface area contributed by atoms with E-state index >= 15 is 0 Å². The summed E-state index contributed by atoms with van der Waals surface area (Å²) in [5, 5.41) is 0. The number of pyridine rings is 1. The Morgan fingerprint density at radius 3 is 2.86 bits per heavy atom. The number of rotatable bonds is 3. The van der Waals surface area contributed by atoms with Gasteiger partial charge < -0.3 is 0 Å². The zero-order valence-electron chi connectivity index (χ0n) is 8.51. The highest BCUT2D eigenvalue weighted by Crippen LogP contribution is 2.08. The van der Waals surface area contributed by atoms with Gasteiger partial charge in [0.2, 0.25) is 0 Å². The van der Waals surface area contributed by atoms with Crippen molar-refractivity contribution >= 4 is 11.8 Å². The molecule has 1 heterocycles. The molecule has 0 atom stereocenters. The molecule has 2 nitrogen and oxygen atoms in total. The Morgan fingerprint density at radius 1 is 1.36 bits per heavy atom. The molecule has 0 radical (unpaired) electrons. The van der Waals surface area contributed by atoms with Gasteiger partial charge in [-0.05, 0) is 30.7 Å². The highest BCUT2D eigenvalue weighted by molar-refractivity contribution is 5.72. The summed E-state index contributed by atoms with van der Waals surface area (Å²) in [7, 11) is 1.75. The summed E-state index contributed by atoms with van der Waals surface area (Å²) in [6.45, 7) is 2.04. The van der Waals surface area contributed by atoms with Crippen molar-refractivity contribution in [3.05, 3.63) is 48.3 Å². The minimum absolute atomic E-state index is 1.01. The van der Waals surface area contributed by atoms with Crippen molar-refractivity contribution in [1.29, 1.82) is 0 Å². The monoisotopic (exact) mass is 186 g/mol. The van der Waals surface area contributed by atoms with Crippen LogP contribution >= 0.6 is 0 Å². The predicted octanol–water partition coefficient (Wildman–Crippen LogP) is 2.74. The van der Waals surface area contributed by atoms with Crippen LogP contribution in [0, 0.1) is 0 Å². The largest absolute Gasteiger partial charge is 0.297 e. The minimum Gasteiger partial charge on any atom is -0.297 e. The van der Waals surface area contributed by atoms with Crippen LogP contribution in [0.1, 0.15) is 12.6 Å². The molecule has 72 valence electrons. The van der Waals surface area contributed by atoms with Crippen LogP contribution in [0.2, 0.25) is 0 Å². The number of aliphatic imine (C=N–C) groups is 1. The first kappa shape index (κ1) is 10.4. The van der Waals surface area contributed by atoms with Crippen LogP contribution in [0.4, 0.5) is 0 Å². The molecule has 0 amide bonds. The molecular formula is C12H14N2. The van der Waals surface area contributed by atoms with E-state index in [1.165, 1.54) is 0 Å². The Labute approximate surface area is 84.7 Å². The van der Waals surface area contributed by atoms with E-state index in [4.69, 9.17) is 0 Å². The van der Waals surface area contributed by atoms with E-state index < -0.39 is 0 Å². The van der Waals surface area contributed by atoms with Crippen molar-refractivity contribution in [2.45, 2.75) is 6.92 Å². The maximum atomic E-state index is 4.24. The highest BCUT2D eigenvalue weighted by atomic mass is 14.7. The van der Waals surface area contributed by atoms with Gasteiger partial charge in [0.1, 0.15) is 0 Å². The molecule has 0 N–H and O–H groups in total. The molecule has 14 heavy (non-hydrogen) atoms. The summed E-state index contributed by atoms with van der Waals surface area (Å²) >= 11 is 0. The Kier molecular flexibility index (Phi) is 4.35. The second kappa shape index (κ2) is 5.86. The maximum absolute atomic E-state index is 4.24. The van der Waals surface area contributed by atoms with Crippen molar-refractivity contribution in [1.82, 2.24) is 4.98 Å². The first-order valence-electron chi connectivity index (χ1n) is 4.51. The summed E-state index contributed by atoms with van der Waals surface area (Å²) in [5.41, 5.74) is 2.15. The van der Waals surface area contributed by atoms with Gasteiger partial charge in [-0.2, -0.15) is 0 Å². The summed E-state index contributed by atoms with van der Waals surface area (Å²) in [6.07, 6.45) is 9.42. The number of nitrogens with zero attached hydrogens (tertiary/aromatic N) is 2. The van der Waals surface area contributed by atoms with E-state index in [0.717, 1.165) is 11.3 Å². The lowest BCUT2D eigenvalue weighted by Crippen LogP contribution is -1.82. The Morgan fingerprint density at radius 2 is 2.21 bits per heavy atom. The molecular weight excluding hydrogens is 172 g/mol. The quantitative estimate of drug-likeness (QED) is 0.526. The Bertz CT molecular complexity index is 348. The molecule has 0 aliphatic carbocycles. The van der Waals surface area contributed by atoms with Crippen LogP contribution < -0.4 is 0 Å². The maximum Gasteiger partial charge on any atom is 0.0658 e. The molecule has 0 bridgehead atoms. The zero-order valence-corrected chi connectivity index (χ0v) is 8.51. The van der Waals surface area contributed by atoms with Gasteiger partial charge in [0.15, 0.2) is 0 Å². The predicted molar refractivity (Wildman–Crippen MR) is 61.4 cm³/mol. The van der Waals surface area contributed by atoms with E-state index in [1.807, 2.05) is 43.4 Å². The normalized spacial score (nSPS) is 12.9. The third kappa shape index (κ3) is 3.35. The second-order valence-corrected chi connectivity index (χ2v) is 2.86. The molecule has 0 fully saturated rings. The molecule has 1 aromatic heterocycles. The van der Waals surface area contributed by atoms with Crippen molar-refractivity contribution in [2.75, 3.05) is 7.05 Å². The lowest BCUT2D eigenvalue weighted by Gasteiger charge is -1.96. The zero-order chi connectivity index (χ0) is 10.2. The third-order valence-electron chi connectivity index (χ3n) is 1.76. The summed E-state index contributed by atoms with van der Waals surface area (Å²) in [6, 6.07) is 5.89. The van der Waals surface area contributed by atoms with Gasteiger partial charge in [-0.15, -0.1) is 0 Å². The molecule has 0 aromatic carbocycles. The van der Waals surface area contributed by atoms with E-state index in [2.05, 4.69) is 9.98 Å². The number of aromatic nitrogens is 1. The van der Waals surface area contributed by atoms with Crippen LogP contribution in [0.3, 0.4) is 0 Å². The second-order valence-electron chi connectivity index (χ2n) is 2.86. The first-order valence-corrected chi connectivity index (χ1v) is 4.51. The molecule has 0 spiro atoms. The molecule has 0 saturated heterocycles. The Hall–Kier alpha value is -1.70. The average molecular weight is 186 g/mol. The van der Waals surface area contributed by atoms with Crippen molar-refractivity contribution in [2.24, 2.45) is 4.99 Å². The van der Waals surface area contributed by atoms with Crippen molar-refractivity contribution < 1.29 is 0 Å². The number of hydrogen-bond donors (Lipinski definition) is 0. The van der Waals surface area contributed by atoms with Crippen LogP contribution in [0.15, 0.2) is 47.6 Å². The fourth-order valence-corrected chi connectivity index (χ4v) is 1.02. The number of hydrogen-bond acceptors (Lipinski definition) is 2. The highest BCUT2D eigenvalue weighted by Gasteiger charge is 1.91. The van der Waals surface area contributed by atoms with Crippen molar-refractivity contribution in [3.8, 4) is 0 Å². The summed E-state index contributed by atoms with van der Waals surface area (Å²) in [5.74, 6) is 0. The molecule has 0 aliphatic rings. The van der Waals surface area contributed by atoms with Gasteiger partial charge in [-0.25, -0.2) is 0 Å². The lowest BCUT2D eigenvalue weighted by molar-refractivity contribution is 1.27. The van der Waals surface area contributed by atoms with Crippen molar-refractivity contribution in [3.63, 3.8) is 0 Å². The van der Waals surface area contributed by atoms with Gasteiger partial charge >= 0.3 is 0 Å². The van der Waals surface area contributed by atoms with Gasteiger partial charge in [0.25, 0.3) is 0 Å². The van der Waals surface area contributed by atoms with Crippen LogP contribution in [0.25, 0.3) is 5.57 Å². The van der Waals surface area contributed by atoms with Crippen LogP contribution in [0.5, 0.6) is 0 Å². The average Bonchev–Trinajstić information content (AvgIpc) is 2.25. The first-order chi connectivity index (χ1) is 6.84. The van der Waals surface area contributed by atoms with E-state index in [9.17, 15) is 0 Å². The van der Waals surface area contributed by atoms with Crippen LogP contribution in [-0.4, -0.2) is 18.2 Å². The van der Waals surface area contributed by atoms with E-state index in [0.29, 0.717) is 0 Å². The van der Waals surface area contributed by atoms with Gasteiger partial charge in [0, 0.05) is 19.5 Å². The molecule has 0 saturated carbocycles. The fourth-order valence-electron chi connectivity index (χ4n) is 1.02. The van der Waals surface area contributed by atoms with Gasteiger partial charge in [0.05, 0.1) is 5.69 Å². The molecule has 0 unspecified atom stereocenters. The topological polar surface area (TPSA) is 25.2 Å². The third-order valence-corrected chi connectivity index (χ3v) is 1.76. The summed E-state index contributed by atoms with van der Waals surface area (Å²) < 4.78 is 0. The fraction of sp³-hybridized carbons (Fsp3) is 0.167. The SMILES string of the molecule is C/N=C/C=C\C=C(/C)c1ccccn1. The van der Waals surface area contributed by atoms with E-state index in [1.54, 1.807) is 19.5 Å². The van der Waals surface area contributed by atoms with Gasteiger partial charge in [-0.3, -0.25) is 9.98 Å². The number of allylic oxidation sites excluding steroid dienone is 4. The van der Waals surface area contributed by atoms with Gasteiger partial charge in [-0.1, -0.05) is 18.2 Å². The standard InChI is InChI=1S/C12H14N2/c1-11(7-3-5-9-13-2)12-8-4-6-10-14-12/h3-10H,1-2H3/b5-3-,11-7+,13-9+. The molecule has 0 aliphatic heterocycles. The lowest BCUT2D eigenvalue weighted by atomic mass is 10.2. The molecule has 2 heteroatoms. The Balaban J connectivity index is 2.70. The summed E-state index contributed by atoms with van der Waals surface area (Å²) in [4.78, 5) is 8.09. The molecule has 1 aromatic rings.